The summed E-state index contributed by atoms with van der Waals surface area (Å²) in [5.41, 5.74) is 8.38. The summed E-state index contributed by atoms with van der Waals surface area (Å²) in [5.74, 6) is 0. The summed E-state index contributed by atoms with van der Waals surface area (Å²) in [6.45, 7) is 11.5. The number of piperazine rings is 1. The standard InChI is InChI=1S/C30H44N6O/c1-4-23-8-9-25(34-30(23)28(6-1)32-10-3-13-35-14-11-31-12-15-35)20-26-21-27-24(22-33-26)5-2-7-29(27)36-16-18-37-19-17-36/h2,5,7-9,26,28,31-33H,1,3-4,6,10-22H2/t26-,28?/m0/s1. The van der Waals surface area contributed by atoms with Crippen LogP contribution in [-0.4, -0.2) is 81.5 Å². The number of aryl methyl sites for hydroxylation is 1. The van der Waals surface area contributed by atoms with Crippen molar-refractivity contribution in [1.82, 2.24) is 25.8 Å². The number of aromatic nitrogens is 1. The van der Waals surface area contributed by atoms with Gasteiger partial charge < -0.3 is 30.5 Å². The Morgan fingerprint density at radius 3 is 2.81 bits per heavy atom. The predicted octanol–water partition coefficient (Wildman–Crippen LogP) is 2.44. The van der Waals surface area contributed by atoms with Crippen molar-refractivity contribution in [3.05, 3.63) is 58.4 Å². The largest absolute Gasteiger partial charge is 0.378 e. The highest BCUT2D eigenvalue weighted by molar-refractivity contribution is 5.58. The zero-order valence-corrected chi connectivity index (χ0v) is 22.3. The fourth-order valence-electron chi connectivity index (χ4n) is 6.61. The average Bonchev–Trinajstić information content (AvgIpc) is 2.96. The molecule has 2 fully saturated rings. The predicted molar refractivity (Wildman–Crippen MR) is 149 cm³/mol. The fourth-order valence-corrected chi connectivity index (χ4v) is 6.61. The van der Waals surface area contributed by atoms with Crippen molar-refractivity contribution in [2.45, 2.75) is 57.2 Å². The minimum Gasteiger partial charge on any atom is -0.378 e. The number of nitrogens with one attached hydrogen (secondary N) is 3. The zero-order valence-electron chi connectivity index (χ0n) is 22.3. The van der Waals surface area contributed by atoms with Gasteiger partial charge in [0.25, 0.3) is 0 Å². The van der Waals surface area contributed by atoms with E-state index < -0.39 is 0 Å². The van der Waals surface area contributed by atoms with E-state index in [1.165, 1.54) is 79.1 Å². The van der Waals surface area contributed by atoms with E-state index >= 15 is 0 Å². The molecule has 0 bridgehead atoms. The van der Waals surface area contributed by atoms with Gasteiger partial charge in [0.15, 0.2) is 0 Å². The molecule has 3 aliphatic heterocycles. The molecule has 4 heterocycles. The highest BCUT2D eigenvalue weighted by atomic mass is 16.5. The molecule has 2 saturated heterocycles. The molecule has 0 saturated carbocycles. The van der Waals surface area contributed by atoms with Crippen LogP contribution in [0.15, 0.2) is 30.3 Å². The molecule has 1 unspecified atom stereocenters. The fraction of sp³-hybridized carbons (Fsp3) is 0.633. The second-order valence-corrected chi connectivity index (χ2v) is 11.2. The number of fused-ring (bicyclic) bond motifs is 2. The van der Waals surface area contributed by atoms with E-state index in [0.29, 0.717) is 12.1 Å². The first-order valence-corrected chi connectivity index (χ1v) is 14.7. The molecule has 0 radical (unpaired) electrons. The van der Waals surface area contributed by atoms with Gasteiger partial charge in [0, 0.05) is 75.7 Å². The van der Waals surface area contributed by atoms with Crippen LogP contribution in [0.5, 0.6) is 0 Å². The van der Waals surface area contributed by atoms with Crippen molar-refractivity contribution >= 4 is 5.69 Å². The molecule has 2 aromatic rings. The Bertz CT molecular complexity index is 1030. The van der Waals surface area contributed by atoms with Gasteiger partial charge in [-0.05, 0) is 74.0 Å². The molecule has 1 aromatic carbocycles. The molecule has 4 aliphatic rings. The molecular formula is C30H44N6O. The Morgan fingerprint density at radius 1 is 1.03 bits per heavy atom. The van der Waals surface area contributed by atoms with Crippen LogP contribution in [0.25, 0.3) is 0 Å². The molecule has 7 nitrogen and oxygen atoms in total. The van der Waals surface area contributed by atoms with Gasteiger partial charge in [-0.15, -0.1) is 0 Å². The maximum atomic E-state index is 5.61. The quantitative estimate of drug-likeness (QED) is 0.477. The van der Waals surface area contributed by atoms with Gasteiger partial charge >= 0.3 is 0 Å². The van der Waals surface area contributed by atoms with Gasteiger partial charge in [-0.3, -0.25) is 4.98 Å². The summed E-state index contributed by atoms with van der Waals surface area (Å²) < 4.78 is 5.61. The smallest absolute Gasteiger partial charge is 0.0642 e. The van der Waals surface area contributed by atoms with E-state index in [9.17, 15) is 0 Å². The van der Waals surface area contributed by atoms with Crippen LogP contribution in [-0.2, 0) is 30.5 Å². The van der Waals surface area contributed by atoms with Crippen molar-refractivity contribution in [2.24, 2.45) is 0 Å². The van der Waals surface area contributed by atoms with E-state index in [0.717, 1.165) is 65.3 Å². The molecule has 2 atom stereocenters. The zero-order chi connectivity index (χ0) is 24.9. The summed E-state index contributed by atoms with van der Waals surface area (Å²) in [4.78, 5) is 10.4. The average molecular weight is 505 g/mol. The van der Waals surface area contributed by atoms with Crippen LogP contribution in [0, 0.1) is 0 Å². The second-order valence-electron chi connectivity index (χ2n) is 11.2. The molecule has 6 rings (SSSR count). The lowest BCUT2D eigenvalue weighted by Gasteiger charge is -2.35. The maximum absolute atomic E-state index is 5.61. The van der Waals surface area contributed by atoms with Crippen LogP contribution in [0.4, 0.5) is 5.69 Å². The van der Waals surface area contributed by atoms with Gasteiger partial charge in [0.2, 0.25) is 0 Å². The molecule has 1 aromatic heterocycles. The molecule has 3 N–H and O–H groups in total. The molecule has 7 heteroatoms. The van der Waals surface area contributed by atoms with Crippen LogP contribution >= 0.6 is 0 Å². The Hall–Kier alpha value is -2.03. The van der Waals surface area contributed by atoms with Crippen molar-refractivity contribution in [1.29, 1.82) is 0 Å². The van der Waals surface area contributed by atoms with Crippen molar-refractivity contribution in [3.63, 3.8) is 0 Å². The van der Waals surface area contributed by atoms with Crippen molar-refractivity contribution in [3.8, 4) is 0 Å². The SMILES string of the molecule is c1cc2c(c(N3CCOCC3)c1)C[C@H](Cc1ccc3c(n1)C(NCCCN1CCNCC1)CCC3)NC2. The number of pyridine rings is 1. The van der Waals surface area contributed by atoms with E-state index in [4.69, 9.17) is 9.72 Å². The van der Waals surface area contributed by atoms with Gasteiger partial charge in [0.1, 0.15) is 0 Å². The number of anilines is 1. The third-order valence-corrected chi connectivity index (χ3v) is 8.68. The summed E-state index contributed by atoms with van der Waals surface area (Å²) in [6.07, 6.45) is 6.89. The first kappa shape index (κ1) is 25.3. The maximum Gasteiger partial charge on any atom is 0.0642 e. The van der Waals surface area contributed by atoms with Crippen LogP contribution in [0.3, 0.4) is 0 Å². The van der Waals surface area contributed by atoms with Gasteiger partial charge in [-0.1, -0.05) is 18.2 Å². The monoisotopic (exact) mass is 504 g/mol. The molecule has 200 valence electrons. The van der Waals surface area contributed by atoms with Gasteiger partial charge in [-0.25, -0.2) is 0 Å². The minimum atomic E-state index is 0.402. The molecule has 37 heavy (non-hydrogen) atoms. The number of morpholine rings is 1. The Kier molecular flexibility index (Phi) is 8.34. The first-order chi connectivity index (χ1) is 18.3. The highest BCUT2D eigenvalue weighted by Crippen LogP contribution is 2.31. The number of ether oxygens (including phenoxy) is 1. The van der Waals surface area contributed by atoms with E-state index in [-0.39, 0.29) is 0 Å². The van der Waals surface area contributed by atoms with Crippen LogP contribution in [0.1, 0.15) is 53.4 Å². The van der Waals surface area contributed by atoms with Gasteiger partial charge in [0.05, 0.1) is 18.9 Å². The molecule has 0 spiro atoms. The number of hydrogen-bond donors (Lipinski definition) is 3. The third-order valence-electron chi connectivity index (χ3n) is 8.68. The second kappa shape index (κ2) is 12.2. The Balaban J connectivity index is 1.08. The van der Waals surface area contributed by atoms with Crippen LogP contribution < -0.4 is 20.9 Å². The molecular weight excluding hydrogens is 460 g/mol. The van der Waals surface area contributed by atoms with E-state index in [2.05, 4.69) is 56.1 Å². The van der Waals surface area contributed by atoms with Crippen LogP contribution in [0.2, 0.25) is 0 Å². The first-order valence-electron chi connectivity index (χ1n) is 14.7. The normalized spacial score (nSPS) is 24.5. The van der Waals surface area contributed by atoms with Crippen molar-refractivity contribution < 1.29 is 4.74 Å². The Labute approximate surface area is 222 Å². The minimum absolute atomic E-state index is 0.402. The van der Waals surface area contributed by atoms with E-state index in [1.54, 1.807) is 0 Å². The lowest BCUT2D eigenvalue weighted by molar-refractivity contribution is 0.122. The lowest BCUT2D eigenvalue weighted by atomic mass is 9.89. The van der Waals surface area contributed by atoms with E-state index in [1.807, 2.05) is 0 Å². The summed E-state index contributed by atoms with van der Waals surface area (Å²) in [5, 5.41) is 11.1. The Morgan fingerprint density at radius 2 is 1.92 bits per heavy atom. The molecule has 0 amide bonds. The van der Waals surface area contributed by atoms with Gasteiger partial charge in [-0.2, -0.15) is 0 Å². The summed E-state index contributed by atoms with van der Waals surface area (Å²) in [7, 11) is 0. The molecule has 1 aliphatic carbocycles. The lowest BCUT2D eigenvalue weighted by Crippen LogP contribution is -2.44. The topological polar surface area (TPSA) is 64.7 Å². The number of hydrogen-bond acceptors (Lipinski definition) is 7. The summed E-state index contributed by atoms with van der Waals surface area (Å²) >= 11 is 0. The van der Waals surface area contributed by atoms with Crippen molar-refractivity contribution in [2.75, 3.05) is 70.5 Å². The number of rotatable bonds is 8. The highest BCUT2D eigenvalue weighted by Gasteiger charge is 2.26. The number of benzene rings is 1. The summed E-state index contributed by atoms with van der Waals surface area (Å²) in [6, 6.07) is 12.3. The number of nitrogens with zero attached hydrogens (tertiary/aromatic N) is 3. The third kappa shape index (κ3) is 6.18.